The van der Waals surface area contributed by atoms with E-state index in [1.807, 2.05) is 30.3 Å². The smallest absolute Gasteiger partial charge is 0.194 e. The number of hydrogen-bond donors (Lipinski definition) is 0. The van der Waals surface area contributed by atoms with Crippen LogP contribution in [0.3, 0.4) is 0 Å². The van der Waals surface area contributed by atoms with E-state index in [1.165, 1.54) is 0 Å². The third-order valence-corrected chi connectivity index (χ3v) is 31.8. The van der Waals surface area contributed by atoms with Gasteiger partial charge in [-0.2, -0.15) is 0 Å². The third-order valence-electron chi connectivity index (χ3n) is 13.6. The van der Waals surface area contributed by atoms with E-state index in [2.05, 4.69) is 140 Å². The Morgan fingerprint density at radius 2 is 1.37 bits per heavy atom. The summed E-state index contributed by atoms with van der Waals surface area (Å²) >= 11 is 0. The van der Waals surface area contributed by atoms with Crippen molar-refractivity contribution in [2.75, 3.05) is 13.7 Å². The lowest BCUT2D eigenvalue weighted by atomic mass is 9.91. The Labute approximate surface area is 353 Å². The zero-order chi connectivity index (χ0) is 43.9. The van der Waals surface area contributed by atoms with Gasteiger partial charge in [0.1, 0.15) is 17.5 Å². The number of carbonyl (C=O) groups excluding carboxylic acids is 1. The molecule has 1 aliphatic rings. The number of terminal acetylenes is 1. The van der Waals surface area contributed by atoms with Crippen molar-refractivity contribution in [3.63, 3.8) is 0 Å². The van der Waals surface area contributed by atoms with Gasteiger partial charge in [0, 0.05) is 12.0 Å². The number of rotatable bonds is 19. The zero-order valence-electron chi connectivity index (χ0n) is 39.5. The lowest BCUT2D eigenvalue weighted by Gasteiger charge is -2.45. The van der Waals surface area contributed by atoms with Crippen LogP contribution in [0.25, 0.3) is 0 Å². The Balaban J connectivity index is 3.01. The van der Waals surface area contributed by atoms with E-state index < -0.39 is 50.6 Å². The zero-order valence-corrected chi connectivity index (χ0v) is 43.5. The van der Waals surface area contributed by atoms with Crippen molar-refractivity contribution in [3.05, 3.63) is 41.5 Å². The molecule has 11 heteroatoms. The van der Waals surface area contributed by atoms with Gasteiger partial charge < -0.3 is 27.2 Å². The van der Waals surface area contributed by atoms with Crippen LogP contribution in [-0.4, -0.2) is 76.7 Å². The van der Waals surface area contributed by atoms with E-state index in [0.29, 0.717) is 18.6 Å². The molecular formula is C46H80O7Si4. The van der Waals surface area contributed by atoms with Crippen molar-refractivity contribution >= 4 is 39.6 Å². The van der Waals surface area contributed by atoms with Gasteiger partial charge in [0.05, 0.1) is 32.8 Å². The quantitative estimate of drug-likeness (QED) is 0.0779. The summed E-state index contributed by atoms with van der Waals surface area (Å²) in [7, 11) is -7.75. The lowest BCUT2D eigenvalue weighted by Crippen LogP contribution is -2.56. The number of carbonyl (C=O) groups is 1. The van der Waals surface area contributed by atoms with Crippen molar-refractivity contribution in [1.82, 2.24) is 0 Å². The minimum Gasteiger partial charge on any atom is -0.497 e. The Kier molecular flexibility index (Phi) is 17.4. The average molecular weight is 857 g/mol. The maximum Gasteiger partial charge on any atom is 0.194 e. The van der Waals surface area contributed by atoms with Crippen LogP contribution in [0.2, 0.25) is 72.5 Å². The van der Waals surface area contributed by atoms with Gasteiger partial charge in [0.15, 0.2) is 45.2 Å². The second-order valence-electron chi connectivity index (χ2n) is 20.7. The van der Waals surface area contributed by atoms with Crippen molar-refractivity contribution in [1.29, 1.82) is 0 Å². The van der Waals surface area contributed by atoms with Gasteiger partial charge >= 0.3 is 0 Å². The van der Waals surface area contributed by atoms with Crippen LogP contribution in [0.1, 0.15) is 101 Å². The van der Waals surface area contributed by atoms with Gasteiger partial charge in [0.2, 0.25) is 0 Å². The van der Waals surface area contributed by atoms with Gasteiger partial charge in [-0.3, -0.25) is 4.79 Å². The molecule has 0 amide bonds. The second-order valence-corrected chi connectivity index (χ2v) is 39.6. The summed E-state index contributed by atoms with van der Waals surface area (Å²) in [4.78, 5) is 13.7. The predicted octanol–water partition coefficient (Wildman–Crippen LogP) is 12.1. The summed E-state index contributed by atoms with van der Waals surface area (Å²) < 4.78 is 41.1. The van der Waals surface area contributed by atoms with Crippen molar-refractivity contribution in [3.8, 4) is 29.9 Å². The number of ether oxygens (including phenoxy) is 2. The molecule has 0 bridgehead atoms. The summed E-state index contributed by atoms with van der Waals surface area (Å²) in [6.07, 6.45) is 8.88. The molecule has 322 valence electrons. The molecule has 0 N–H and O–H groups in total. The van der Waals surface area contributed by atoms with E-state index in [0.717, 1.165) is 35.7 Å². The van der Waals surface area contributed by atoms with Gasteiger partial charge in [-0.15, -0.1) is 12.3 Å². The van der Waals surface area contributed by atoms with E-state index >= 15 is 0 Å². The first kappa shape index (κ1) is 51.4. The van der Waals surface area contributed by atoms with E-state index in [9.17, 15) is 4.79 Å². The van der Waals surface area contributed by atoms with Crippen LogP contribution in [-0.2, 0) is 33.8 Å². The summed E-state index contributed by atoms with van der Waals surface area (Å²) in [6.45, 7) is 40.5. The Hall–Kier alpha value is -1.78. The van der Waals surface area contributed by atoms with Crippen LogP contribution in [0.4, 0.5) is 0 Å². The molecule has 0 saturated carbocycles. The SMILES string of the molecule is C#CC[C@](C#CC1=C[C@@H](O[Si](C)(C)C(C)(C)C)C[C@@]1(C=O)O[Si](C)(C)C(C)(C)C)(O[Si](CC)(CC)CC)[C@H](CO[Si](C)(C)C(C)(C)C)OCc1ccc(OC)cc1. The fraction of sp³-hybridized carbons (Fsp3) is 0.717. The molecule has 0 heterocycles. The van der Waals surface area contributed by atoms with Gasteiger partial charge in [-0.1, -0.05) is 107 Å². The highest BCUT2D eigenvalue weighted by atomic mass is 28.4. The Morgan fingerprint density at radius 1 is 0.842 bits per heavy atom. The van der Waals surface area contributed by atoms with E-state index in [4.69, 9.17) is 33.6 Å². The summed E-state index contributed by atoms with van der Waals surface area (Å²) in [6, 6.07) is 10.5. The first-order valence-corrected chi connectivity index (χ1v) is 32.3. The van der Waals surface area contributed by atoms with Gasteiger partial charge in [-0.05, 0) is 96.3 Å². The minimum atomic E-state index is -2.50. The normalized spacial score (nSPS) is 20.2. The minimum absolute atomic E-state index is 0.0256. The Morgan fingerprint density at radius 3 is 1.81 bits per heavy atom. The molecule has 0 radical (unpaired) electrons. The molecule has 0 fully saturated rings. The molecule has 1 aromatic carbocycles. The van der Waals surface area contributed by atoms with Crippen molar-refractivity contribution in [2.24, 2.45) is 0 Å². The highest BCUT2D eigenvalue weighted by Crippen LogP contribution is 2.47. The highest BCUT2D eigenvalue weighted by molar-refractivity contribution is 6.75. The van der Waals surface area contributed by atoms with Crippen molar-refractivity contribution < 1.29 is 32.0 Å². The second kappa shape index (κ2) is 19.3. The molecule has 1 aliphatic carbocycles. The Bertz CT molecular complexity index is 1600. The largest absolute Gasteiger partial charge is 0.497 e. The van der Waals surface area contributed by atoms with Gasteiger partial charge in [-0.25, -0.2) is 0 Å². The van der Waals surface area contributed by atoms with Crippen LogP contribution in [0, 0.1) is 24.2 Å². The number of aldehydes is 1. The first-order chi connectivity index (χ1) is 26.0. The molecule has 1 aromatic rings. The number of hydrogen-bond acceptors (Lipinski definition) is 7. The highest BCUT2D eigenvalue weighted by Gasteiger charge is 2.53. The fourth-order valence-electron chi connectivity index (χ4n) is 6.19. The van der Waals surface area contributed by atoms with Crippen LogP contribution in [0.15, 0.2) is 35.9 Å². The van der Waals surface area contributed by atoms with E-state index in [1.54, 1.807) is 7.11 Å². The standard InChI is InChI=1S/C46H80O7Si4/c1-21-30-45(53-57(22-2,23-3)24-4,41(35-50-54(15,16)42(5,6)7)49-34-37-25-27-39(48-14)28-26-37)31-29-38-32-40(51-55(17,18)43(8,9)10)33-46(38,36-47)52-56(19,20)44(11,12)13/h1,25-28,32,36,40-41H,22-24,30,33-35H2,2-20H3/t40-,41+,45-,46+/m1/s1. The molecule has 4 atom stereocenters. The van der Waals surface area contributed by atoms with E-state index in [-0.39, 0.29) is 34.2 Å². The molecule has 0 aliphatic heterocycles. The molecule has 0 aromatic heterocycles. The van der Waals surface area contributed by atoms with Gasteiger partial charge in [0.25, 0.3) is 0 Å². The lowest BCUT2D eigenvalue weighted by molar-refractivity contribution is -0.120. The summed E-state index contributed by atoms with van der Waals surface area (Å²) in [5, 5.41) is -0.212. The van der Waals surface area contributed by atoms with Crippen molar-refractivity contribution in [2.45, 2.75) is 198 Å². The van der Waals surface area contributed by atoms with Crippen LogP contribution < -0.4 is 4.74 Å². The molecule has 0 saturated heterocycles. The maximum atomic E-state index is 13.7. The maximum absolute atomic E-state index is 13.7. The first-order valence-electron chi connectivity index (χ1n) is 21.1. The fourth-order valence-corrected chi connectivity index (χ4v) is 12.9. The number of benzene rings is 1. The third kappa shape index (κ3) is 12.6. The average Bonchev–Trinajstić information content (AvgIpc) is 3.43. The van der Waals surface area contributed by atoms with Crippen LogP contribution >= 0.6 is 0 Å². The van der Waals surface area contributed by atoms with Crippen LogP contribution in [0.5, 0.6) is 5.75 Å². The molecular weight excluding hydrogens is 777 g/mol. The predicted molar refractivity (Wildman–Crippen MR) is 249 cm³/mol. The molecule has 57 heavy (non-hydrogen) atoms. The molecule has 7 nitrogen and oxygen atoms in total. The molecule has 0 spiro atoms. The monoisotopic (exact) mass is 856 g/mol. The topological polar surface area (TPSA) is 72.5 Å². The number of methoxy groups -OCH3 is 1. The summed E-state index contributed by atoms with van der Waals surface area (Å²) in [5.74, 6) is 11.0. The summed E-state index contributed by atoms with van der Waals surface area (Å²) in [5.41, 5.74) is -0.945. The molecule has 0 unspecified atom stereocenters. The molecule has 2 rings (SSSR count).